The predicted octanol–water partition coefficient (Wildman–Crippen LogP) is 3.53. The maximum Gasteiger partial charge on any atom is 0.0348 e. The Morgan fingerprint density at radius 3 is 2.47 bits per heavy atom. The van der Waals surface area contributed by atoms with Crippen molar-refractivity contribution in [1.29, 1.82) is 0 Å². The fourth-order valence-electron chi connectivity index (χ4n) is 2.73. The second-order valence-electron chi connectivity index (χ2n) is 4.49. The molecule has 0 saturated heterocycles. The standard InChI is InChI=1S/C14H21N/c1-2-15-14(13-10-6-7-11-13)12-8-4-3-5-9-12/h3-5,8-9,13-15H,2,6-7,10-11H2,1H3. The molecule has 0 spiro atoms. The monoisotopic (exact) mass is 203 g/mol. The molecule has 1 heteroatoms. The summed E-state index contributed by atoms with van der Waals surface area (Å²) in [6.07, 6.45) is 5.62. The number of hydrogen-bond acceptors (Lipinski definition) is 1. The molecule has 0 aromatic heterocycles. The Morgan fingerprint density at radius 2 is 1.87 bits per heavy atom. The van der Waals surface area contributed by atoms with Gasteiger partial charge in [0.25, 0.3) is 0 Å². The Hall–Kier alpha value is -0.820. The first-order valence-electron chi connectivity index (χ1n) is 6.20. The zero-order valence-electron chi connectivity index (χ0n) is 9.58. The first-order valence-corrected chi connectivity index (χ1v) is 6.20. The average molecular weight is 203 g/mol. The van der Waals surface area contributed by atoms with Crippen LogP contribution in [0.2, 0.25) is 0 Å². The summed E-state index contributed by atoms with van der Waals surface area (Å²) in [5, 5.41) is 3.64. The van der Waals surface area contributed by atoms with Gasteiger partial charge in [0.1, 0.15) is 0 Å². The quantitative estimate of drug-likeness (QED) is 0.789. The SMILES string of the molecule is CCNC(c1ccccc1)C1CCCC1. The molecule has 1 fully saturated rings. The second-order valence-corrected chi connectivity index (χ2v) is 4.49. The van der Waals surface area contributed by atoms with Crippen LogP contribution in [0.4, 0.5) is 0 Å². The van der Waals surface area contributed by atoms with Gasteiger partial charge in [-0.15, -0.1) is 0 Å². The molecule has 2 rings (SSSR count). The molecule has 1 atom stereocenters. The van der Waals surface area contributed by atoms with E-state index < -0.39 is 0 Å². The van der Waals surface area contributed by atoms with Crippen LogP contribution in [-0.4, -0.2) is 6.54 Å². The highest BCUT2D eigenvalue weighted by Gasteiger charge is 2.25. The first-order chi connectivity index (χ1) is 7.42. The molecule has 82 valence electrons. The Morgan fingerprint density at radius 1 is 1.20 bits per heavy atom. The normalized spacial score (nSPS) is 19.3. The maximum atomic E-state index is 3.64. The summed E-state index contributed by atoms with van der Waals surface area (Å²) in [6, 6.07) is 11.5. The van der Waals surface area contributed by atoms with Crippen molar-refractivity contribution in [1.82, 2.24) is 5.32 Å². The van der Waals surface area contributed by atoms with Crippen LogP contribution in [0, 0.1) is 5.92 Å². The van der Waals surface area contributed by atoms with E-state index in [-0.39, 0.29) is 0 Å². The van der Waals surface area contributed by atoms with Gasteiger partial charge in [-0.05, 0) is 30.9 Å². The van der Waals surface area contributed by atoms with Gasteiger partial charge in [-0.1, -0.05) is 50.1 Å². The summed E-state index contributed by atoms with van der Waals surface area (Å²) >= 11 is 0. The molecule has 1 aromatic rings. The fourth-order valence-corrected chi connectivity index (χ4v) is 2.73. The molecule has 1 aromatic carbocycles. The minimum absolute atomic E-state index is 0.582. The van der Waals surface area contributed by atoms with Crippen molar-refractivity contribution >= 4 is 0 Å². The summed E-state index contributed by atoms with van der Waals surface area (Å²) in [4.78, 5) is 0. The summed E-state index contributed by atoms with van der Waals surface area (Å²) in [5.41, 5.74) is 1.46. The molecular weight excluding hydrogens is 182 g/mol. The van der Waals surface area contributed by atoms with Gasteiger partial charge in [0.15, 0.2) is 0 Å². The molecule has 1 N–H and O–H groups in total. The third kappa shape index (κ3) is 2.60. The van der Waals surface area contributed by atoms with Crippen molar-refractivity contribution in [2.24, 2.45) is 5.92 Å². The molecule has 0 heterocycles. The highest BCUT2D eigenvalue weighted by atomic mass is 14.9. The molecule has 1 unspecified atom stereocenters. The van der Waals surface area contributed by atoms with Crippen LogP contribution in [0.15, 0.2) is 30.3 Å². The van der Waals surface area contributed by atoms with Crippen molar-refractivity contribution in [3.8, 4) is 0 Å². The Bertz CT molecular complexity index is 275. The zero-order valence-corrected chi connectivity index (χ0v) is 9.58. The summed E-state index contributed by atoms with van der Waals surface area (Å²) < 4.78 is 0. The van der Waals surface area contributed by atoms with Crippen molar-refractivity contribution in [3.05, 3.63) is 35.9 Å². The van der Waals surface area contributed by atoms with Crippen molar-refractivity contribution in [3.63, 3.8) is 0 Å². The lowest BCUT2D eigenvalue weighted by molar-refractivity contribution is 0.374. The fraction of sp³-hybridized carbons (Fsp3) is 0.571. The van der Waals surface area contributed by atoms with Gasteiger partial charge in [0, 0.05) is 6.04 Å². The summed E-state index contributed by atoms with van der Waals surface area (Å²) in [7, 11) is 0. The van der Waals surface area contributed by atoms with E-state index in [0.29, 0.717) is 6.04 Å². The van der Waals surface area contributed by atoms with Gasteiger partial charge in [0.2, 0.25) is 0 Å². The molecule has 0 aliphatic heterocycles. The number of hydrogen-bond donors (Lipinski definition) is 1. The van der Waals surface area contributed by atoms with E-state index in [1.54, 1.807) is 0 Å². The third-order valence-corrected chi connectivity index (χ3v) is 3.45. The van der Waals surface area contributed by atoms with Gasteiger partial charge in [0.05, 0.1) is 0 Å². The van der Waals surface area contributed by atoms with E-state index in [4.69, 9.17) is 0 Å². The van der Waals surface area contributed by atoms with Gasteiger partial charge in [-0.25, -0.2) is 0 Å². The van der Waals surface area contributed by atoms with Gasteiger partial charge < -0.3 is 5.32 Å². The lowest BCUT2D eigenvalue weighted by Crippen LogP contribution is -2.26. The smallest absolute Gasteiger partial charge is 0.0348 e. The van der Waals surface area contributed by atoms with Crippen molar-refractivity contribution < 1.29 is 0 Å². The topological polar surface area (TPSA) is 12.0 Å². The molecular formula is C14H21N. The Kier molecular flexibility index (Phi) is 3.79. The summed E-state index contributed by atoms with van der Waals surface area (Å²) in [6.45, 7) is 3.26. The number of nitrogens with one attached hydrogen (secondary N) is 1. The molecule has 0 bridgehead atoms. The summed E-state index contributed by atoms with van der Waals surface area (Å²) in [5.74, 6) is 0.854. The Balaban J connectivity index is 2.11. The highest BCUT2D eigenvalue weighted by molar-refractivity contribution is 5.20. The largest absolute Gasteiger partial charge is 0.310 e. The Labute approximate surface area is 92.9 Å². The van der Waals surface area contributed by atoms with E-state index in [2.05, 4.69) is 42.6 Å². The lowest BCUT2D eigenvalue weighted by atomic mass is 9.92. The van der Waals surface area contributed by atoms with Crippen LogP contribution >= 0.6 is 0 Å². The minimum atomic E-state index is 0.582. The van der Waals surface area contributed by atoms with E-state index in [1.807, 2.05) is 0 Å². The zero-order chi connectivity index (χ0) is 10.5. The molecule has 0 radical (unpaired) electrons. The molecule has 1 aliphatic rings. The van der Waals surface area contributed by atoms with Crippen LogP contribution in [0.1, 0.15) is 44.2 Å². The van der Waals surface area contributed by atoms with Gasteiger partial charge in [-0.3, -0.25) is 0 Å². The van der Waals surface area contributed by atoms with Crippen LogP contribution in [0.3, 0.4) is 0 Å². The first kappa shape index (κ1) is 10.7. The predicted molar refractivity (Wildman–Crippen MR) is 64.8 cm³/mol. The van der Waals surface area contributed by atoms with Crippen LogP contribution < -0.4 is 5.32 Å². The maximum absolute atomic E-state index is 3.64. The van der Waals surface area contributed by atoms with E-state index >= 15 is 0 Å². The second kappa shape index (κ2) is 5.32. The molecule has 1 aliphatic carbocycles. The average Bonchev–Trinajstić information content (AvgIpc) is 2.80. The molecule has 0 amide bonds. The highest BCUT2D eigenvalue weighted by Crippen LogP contribution is 2.35. The molecule has 15 heavy (non-hydrogen) atoms. The van der Waals surface area contributed by atoms with Crippen molar-refractivity contribution in [2.45, 2.75) is 38.6 Å². The van der Waals surface area contributed by atoms with E-state index in [1.165, 1.54) is 31.2 Å². The van der Waals surface area contributed by atoms with E-state index in [9.17, 15) is 0 Å². The number of rotatable bonds is 4. The molecule has 1 saturated carbocycles. The van der Waals surface area contributed by atoms with Gasteiger partial charge in [-0.2, -0.15) is 0 Å². The van der Waals surface area contributed by atoms with E-state index in [0.717, 1.165) is 12.5 Å². The lowest BCUT2D eigenvalue weighted by Gasteiger charge is -2.24. The van der Waals surface area contributed by atoms with Crippen LogP contribution in [0.5, 0.6) is 0 Å². The van der Waals surface area contributed by atoms with Crippen molar-refractivity contribution in [2.75, 3.05) is 6.54 Å². The molecule has 1 nitrogen and oxygen atoms in total. The van der Waals surface area contributed by atoms with Crippen LogP contribution in [0.25, 0.3) is 0 Å². The number of benzene rings is 1. The van der Waals surface area contributed by atoms with Crippen LogP contribution in [-0.2, 0) is 0 Å². The minimum Gasteiger partial charge on any atom is -0.310 e. The van der Waals surface area contributed by atoms with Gasteiger partial charge >= 0.3 is 0 Å². The third-order valence-electron chi connectivity index (χ3n) is 3.45.